The SMILES string of the molecule is CCN1C(=O)C(=NC2=NC3C(S2)C2=CC4C=C5OC(C(=O)OCc6ccccc6)(C(=O)OCc6ccccc6)C(N)=C(S)C5=CC4C=C2OC3(C(=O)OCc2ccccc2)C(=O)OCc2ccccc2)SC1=C(C#N)C#N. The summed E-state index contributed by atoms with van der Waals surface area (Å²) in [7, 11) is 0. The van der Waals surface area contributed by atoms with Crippen molar-refractivity contribution in [3.63, 3.8) is 0 Å². The smallest absolute Gasteiger partial charge is 0.369 e. The summed E-state index contributed by atoms with van der Waals surface area (Å²) < 4.78 is 36.7. The normalized spacial score (nSPS) is 21.7. The van der Waals surface area contributed by atoms with E-state index in [4.69, 9.17) is 51.8 Å². The molecule has 10 rings (SSSR count). The second-order valence-electron chi connectivity index (χ2n) is 17.9. The summed E-state index contributed by atoms with van der Waals surface area (Å²) >= 11 is 6.68. The maximum atomic E-state index is 15.0. The highest BCUT2D eigenvalue weighted by Crippen LogP contribution is 2.53. The molecule has 20 heteroatoms. The molecule has 2 N–H and O–H groups in total. The molecule has 0 bridgehead atoms. The van der Waals surface area contributed by atoms with Crippen molar-refractivity contribution in [2.24, 2.45) is 27.6 Å². The van der Waals surface area contributed by atoms with E-state index in [1.165, 1.54) is 4.90 Å². The molecule has 4 aromatic carbocycles. The zero-order chi connectivity index (χ0) is 53.8. The van der Waals surface area contributed by atoms with Crippen molar-refractivity contribution < 1.29 is 52.4 Å². The molecule has 0 spiro atoms. The predicted molar refractivity (Wildman–Crippen MR) is 285 cm³/mol. The highest BCUT2D eigenvalue weighted by atomic mass is 32.2. The molecule has 0 aromatic heterocycles. The molecule has 6 aliphatic rings. The fourth-order valence-corrected chi connectivity index (χ4v) is 11.9. The Labute approximate surface area is 455 Å². The molecule has 77 heavy (non-hydrogen) atoms. The number of fused-ring (bicyclic) bond motifs is 5. The van der Waals surface area contributed by atoms with Gasteiger partial charge in [-0.3, -0.25) is 14.7 Å². The van der Waals surface area contributed by atoms with Crippen molar-refractivity contribution >= 4 is 76.1 Å². The van der Waals surface area contributed by atoms with E-state index in [0.717, 1.165) is 23.5 Å². The van der Waals surface area contributed by atoms with Gasteiger partial charge in [-0.1, -0.05) is 145 Å². The van der Waals surface area contributed by atoms with Crippen molar-refractivity contribution in [3.05, 3.63) is 212 Å². The highest BCUT2D eigenvalue weighted by molar-refractivity contribution is 8.20. The number of carbonyl (C=O) groups is 5. The van der Waals surface area contributed by atoms with Crippen LogP contribution in [0, 0.1) is 34.5 Å². The molecule has 1 amide bonds. The van der Waals surface area contributed by atoms with Gasteiger partial charge in [-0.2, -0.15) is 10.5 Å². The minimum absolute atomic E-state index is 0.0227. The first-order chi connectivity index (χ1) is 37.4. The number of aliphatic imine (C=N–C) groups is 2. The molecule has 4 heterocycles. The standard InChI is InChI=1S/C57H44N6O11S3/c1-2-63-49(64)48(77-50(63)39(27-58)28-59)62-55-61-47-45(76-55)41-24-38-25-42-40(44(75)46(60)56(73-42,51(65)69-29-33-15-7-3-8-16-33)52(66)70-30-34-17-9-4-10-18-34)23-37(38)26-43(41)74-57(47,53(67)71-31-35-19-11-5-12-20-35)54(68)72-32-36-21-13-6-14-22-36/h3-26,37-38,45,47,75H,2,29-32,60H2,1H3. The number of amides is 1. The van der Waals surface area contributed by atoms with Crippen LogP contribution in [0.4, 0.5) is 0 Å². The van der Waals surface area contributed by atoms with Crippen LogP contribution in [-0.4, -0.2) is 73.9 Å². The van der Waals surface area contributed by atoms with Crippen LogP contribution in [0.25, 0.3) is 0 Å². The number of ether oxygens (including phenoxy) is 6. The Morgan fingerprint density at radius 1 is 0.701 bits per heavy atom. The first kappa shape index (κ1) is 51.9. The van der Waals surface area contributed by atoms with Crippen molar-refractivity contribution in [1.29, 1.82) is 10.5 Å². The third-order valence-corrected chi connectivity index (χ3v) is 15.9. The number of nitrogens with two attached hydrogens (primary N) is 1. The molecule has 4 atom stereocenters. The van der Waals surface area contributed by atoms with Crippen LogP contribution in [0.1, 0.15) is 29.2 Å². The van der Waals surface area contributed by atoms with Gasteiger partial charge in [0.2, 0.25) is 0 Å². The molecule has 2 fully saturated rings. The molecule has 0 saturated carbocycles. The van der Waals surface area contributed by atoms with E-state index in [0.29, 0.717) is 33.4 Å². The molecule has 2 aliphatic carbocycles. The molecule has 4 aromatic rings. The van der Waals surface area contributed by atoms with Crippen LogP contribution in [0.15, 0.2) is 199 Å². The number of hydrogen-bond donors (Lipinski definition) is 2. The van der Waals surface area contributed by atoms with Gasteiger partial charge in [0.1, 0.15) is 61.2 Å². The van der Waals surface area contributed by atoms with Gasteiger partial charge in [-0.15, -0.1) is 12.6 Å². The summed E-state index contributed by atoms with van der Waals surface area (Å²) in [5, 5.41) is 18.5. The van der Waals surface area contributed by atoms with Crippen LogP contribution in [0.2, 0.25) is 0 Å². The van der Waals surface area contributed by atoms with Crippen molar-refractivity contribution in [2.45, 2.75) is 55.8 Å². The van der Waals surface area contributed by atoms with Gasteiger partial charge in [0.05, 0.1) is 10.9 Å². The van der Waals surface area contributed by atoms with Gasteiger partial charge in [0.15, 0.2) is 15.8 Å². The largest absolute Gasteiger partial charge is 0.462 e. The molecular formula is C57H44N6O11S3. The number of carbonyl (C=O) groups excluding carboxylic acids is 5. The summed E-state index contributed by atoms with van der Waals surface area (Å²) in [5.74, 6) is -6.14. The predicted octanol–water partition coefficient (Wildman–Crippen LogP) is 7.57. The van der Waals surface area contributed by atoms with Gasteiger partial charge in [-0.05, 0) is 53.1 Å². The third-order valence-electron chi connectivity index (χ3n) is 13.2. The monoisotopic (exact) mass is 1080 g/mol. The fraction of sp³-hybridized carbons (Fsp3) is 0.211. The van der Waals surface area contributed by atoms with Crippen LogP contribution in [0.5, 0.6) is 0 Å². The number of amidine groups is 1. The van der Waals surface area contributed by atoms with E-state index >= 15 is 9.59 Å². The van der Waals surface area contributed by atoms with Crippen LogP contribution in [-0.2, 0) is 78.8 Å². The molecule has 0 radical (unpaired) electrons. The lowest BCUT2D eigenvalue weighted by atomic mass is 9.75. The Hall–Kier alpha value is -8.56. The van der Waals surface area contributed by atoms with Gasteiger partial charge in [0, 0.05) is 34.4 Å². The fourth-order valence-electron chi connectivity index (χ4n) is 9.26. The van der Waals surface area contributed by atoms with Gasteiger partial charge in [-0.25, -0.2) is 24.2 Å². The maximum Gasteiger partial charge on any atom is 0.369 e. The summed E-state index contributed by atoms with van der Waals surface area (Å²) in [6, 6.07) is 37.6. The Morgan fingerprint density at radius 3 is 1.65 bits per heavy atom. The highest BCUT2D eigenvalue weighted by Gasteiger charge is 2.67. The zero-order valence-electron chi connectivity index (χ0n) is 40.8. The Morgan fingerprint density at radius 2 is 1.17 bits per heavy atom. The lowest BCUT2D eigenvalue weighted by Gasteiger charge is -2.44. The van der Waals surface area contributed by atoms with Crippen LogP contribution < -0.4 is 5.73 Å². The number of thioether (sulfide) groups is 2. The zero-order valence-corrected chi connectivity index (χ0v) is 43.3. The minimum Gasteiger partial charge on any atom is -0.462 e. The van der Waals surface area contributed by atoms with Gasteiger partial charge < -0.3 is 34.2 Å². The topological polar surface area (TPSA) is 242 Å². The Bertz CT molecular complexity index is 3310. The molecular weight excluding hydrogens is 1040 g/mol. The maximum absolute atomic E-state index is 15.0. The number of rotatable bonds is 13. The first-order valence-corrected chi connectivity index (χ1v) is 26.2. The van der Waals surface area contributed by atoms with Crippen LogP contribution >= 0.6 is 36.2 Å². The molecule has 386 valence electrons. The van der Waals surface area contributed by atoms with E-state index in [1.807, 2.05) is 18.2 Å². The van der Waals surface area contributed by atoms with Crippen molar-refractivity contribution in [3.8, 4) is 12.1 Å². The summed E-state index contributed by atoms with van der Waals surface area (Å²) in [4.78, 5) is 83.6. The average Bonchev–Trinajstić information content (AvgIpc) is 4.09. The number of thiol groups is 1. The number of benzene rings is 4. The number of hydrogen-bond acceptors (Lipinski definition) is 19. The Kier molecular flexibility index (Phi) is 14.8. The first-order valence-electron chi connectivity index (χ1n) is 24.1. The number of esters is 4. The van der Waals surface area contributed by atoms with E-state index in [-0.39, 0.29) is 75.9 Å². The second-order valence-corrected chi connectivity index (χ2v) is 20.4. The Balaban J connectivity index is 1.06. The average molecular weight is 1090 g/mol. The second kappa shape index (κ2) is 22.0. The molecule has 4 unspecified atom stereocenters. The molecule has 2 saturated heterocycles. The lowest BCUT2D eigenvalue weighted by Crippen LogP contribution is -2.63. The van der Waals surface area contributed by atoms with Gasteiger partial charge >= 0.3 is 35.1 Å². The number of nitrogens with zero attached hydrogens (tertiary/aromatic N) is 5. The van der Waals surface area contributed by atoms with Crippen molar-refractivity contribution in [1.82, 2.24) is 4.90 Å². The van der Waals surface area contributed by atoms with Gasteiger partial charge in [0.25, 0.3) is 5.91 Å². The number of nitriles is 2. The van der Waals surface area contributed by atoms with Crippen molar-refractivity contribution in [2.75, 3.05) is 6.54 Å². The van der Waals surface area contributed by atoms with E-state index < -0.39 is 64.1 Å². The summed E-state index contributed by atoms with van der Waals surface area (Å²) in [5.41, 5.74) is 4.15. The van der Waals surface area contributed by atoms with Crippen LogP contribution in [0.3, 0.4) is 0 Å². The third kappa shape index (κ3) is 9.83. The van der Waals surface area contributed by atoms with E-state index in [9.17, 15) is 24.9 Å². The molecule has 17 nitrogen and oxygen atoms in total. The lowest BCUT2D eigenvalue weighted by molar-refractivity contribution is -0.192. The number of allylic oxidation sites excluding steroid dienone is 7. The minimum atomic E-state index is -2.64. The van der Waals surface area contributed by atoms with E-state index in [1.54, 1.807) is 146 Å². The quantitative estimate of drug-likeness (QED) is 0.0431. The molecule has 4 aliphatic heterocycles. The van der Waals surface area contributed by atoms with E-state index in [2.05, 4.69) is 4.99 Å². The summed E-state index contributed by atoms with van der Waals surface area (Å²) in [6.07, 6.45) is 6.99. The summed E-state index contributed by atoms with van der Waals surface area (Å²) in [6.45, 7) is 0.854.